The molecule has 0 aliphatic carbocycles. The third kappa shape index (κ3) is 2.72. The van der Waals surface area contributed by atoms with Crippen LogP contribution in [0.5, 0.6) is 0 Å². The third-order valence-corrected chi connectivity index (χ3v) is 4.10. The van der Waals surface area contributed by atoms with Crippen molar-refractivity contribution in [1.29, 1.82) is 0 Å². The van der Waals surface area contributed by atoms with Gasteiger partial charge < -0.3 is 10.4 Å². The lowest BCUT2D eigenvalue weighted by Crippen LogP contribution is -2.14. The van der Waals surface area contributed by atoms with Gasteiger partial charge in [0.15, 0.2) is 0 Å². The van der Waals surface area contributed by atoms with E-state index in [2.05, 4.69) is 5.32 Å². The fraction of sp³-hybridized carbons (Fsp3) is 0.200. The van der Waals surface area contributed by atoms with Crippen LogP contribution in [0.15, 0.2) is 29.6 Å². The molecule has 0 radical (unpaired) electrons. The first-order chi connectivity index (χ1) is 9.54. The molecule has 2 aromatic rings. The smallest absolute Gasteiger partial charge is 0.336 e. The molecular formula is C15H15NO3S. The van der Waals surface area contributed by atoms with E-state index in [4.69, 9.17) is 5.11 Å². The lowest BCUT2D eigenvalue weighted by molar-refractivity contribution is 0.0695. The summed E-state index contributed by atoms with van der Waals surface area (Å²) in [6, 6.07) is 6.79. The van der Waals surface area contributed by atoms with Gasteiger partial charge >= 0.3 is 5.97 Å². The molecule has 0 unspecified atom stereocenters. The van der Waals surface area contributed by atoms with Crippen LogP contribution in [0, 0.1) is 6.92 Å². The molecule has 1 heterocycles. The summed E-state index contributed by atoms with van der Waals surface area (Å²) in [5.41, 5.74) is 2.29. The van der Waals surface area contributed by atoms with Gasteiger partial charge in [-0.1, -0.05) is 13.0 Å². The number of hydrogen-bond acceptors (Lipinski definition) is 3. The Balaban J connectivity index is 2.29. The molecule has 5 heteroatoms. The van der Waals surface area contributed by atoms with Crippen molar-refractivity contribution in [3.63, 3.8) is 0 Å². The predicted molar refractivity (Wildman–Crippen MR) is 79.8 cm³/mol. The van der Waals surface area contributed by atoms with Crippen molar-refractivity contribution in [2.24, 2.45) is 0 Å². The lowest BCUT2D eigenvalue weighted by atomic mass is 10.1. The molecule has 4 nitrogen and oxygen atoms in total. The van der Waals surface area contributed by atoms with Gasteiger partial charge in [0.2, 0.25) is 0 Å². The zero-order chi connectivity index (χ0) is 14.7. The van der Waals surface area contributed by atoms with Gasteiger partial charge in [-0.05, 0) is 48.1 Å². The topological polar surface area (TPSA) is 66.4 Å². The molecule has 0 aliphatic heterocycles. The molecule has 2 rings (SSSR count). The Labute approximate surface area is 121 Å². The first-order valence-electron chi connectivity index (χ1n) is 6.25. The summed E-state index contributed by atoms with van der Waals surface area (Å²) in [6.45, 7) is 3.68. The van der Waals surface area contributed by atoms with Crippen LogP contribution in [0.3, 0.4) is 0 Å². The van der Waals surface area contributed by atoms with Gasteiger partial charge in [-0.25, -0.2) is 4.79 Å². The number of hydrogen-bond donors (Lipinski definition) is 2. The molecule has 1 amide bonds. The number of carbonyl (C=O) groups excluding carboxylic acids is 1. The van der Waals surface area contributed by atoms with Crippen LogP contribution < -0.4 is 5.32 Å². The number of benzene rings is 1. The maximum atomic E-state index is 12.2. The maximum absolute atomic E-state index is 12.2. The highest BCUT2D eigenvalue weighted by molar-refractivity contribution is 7.12. The van der Waals surface area contributed by atoms with E-state index in [9.17, 15) is 9.59 Å². The minimum atomic E-state index is -0.996. The molecule has 0 fully saturated rings. The van der Waals surface area contributed by atoms with Gasteiger partial charge in [0.25, 0.3) is 5.91 Å². The minimum absolute atomic E-state index is 0.192. The fourth-order valence-corrected chi connectivity index (χ4v) is 2.89. The average Bonchev–Trinajstić information content (AvgIpc) is 2.89. The molecule has 20 heavy (non-hydrogen) atoms. The minimum Gasteiger partial charge on any atom is -0.478 e. The van der Waals surface area contributed by atoms with E-state index < -0.39 is 5.97 Å². The molecular weight excluding hydrogens is 274 g/mol. The summed E-state index contributed by atoms with van der Waals surface area (Å²) in [6.07, 6.45) is 0.792. The van der Waals surface area contributed by atoms with Crippen molar-refractivity contribution < 1.29 is 14.7 Å². The van der Waals surface area contributed by atoms with E-state index in [0.29, 0.717) is 16.1 Å². The summed E-state index contributed by atoms with van der Waals surface area (Å²) < 4.78 is 0. The number of carboxylic acid groups (broad SMARTS) is 1. The predicted octanol–water partition coefficient (Wildman–Crippen LogP) is 3.57. The molecule has 0 saturated heterocycles. The highest BCUT2D eigenvalue weighted by Crippen LogP contribution is 2.23. The van der Waals surface area contributed by atoms with E-state index in [-0.39, 0.29) is 11.5 Å². The second-order valence-corrected chi connectivity index (χ2v) is 5.28. The number of anilines is 1. The van der Waals surface area contributed by atoms with Gasteiger partial charge in [0.1, 0.15) is 0 Å². The Hall–Kier alpha value is -2.14. The van der Waals surface area contributed by atoms with Crippen LogP contribution in [0.1, 0.15) is 38.1 Å². The number of nitrogens with one attached hydrogen (secondary N) is 1. The van der Waals surface area contributed by atoms with E-state index in [0.717, 1.165) is 12.0 Å². The van der Waals surface area contributed by atoms with Crippen molar-refractivity contribution >= 4 is 28.9 Å². The van der Waals surface area contributed by atoms with E-state index in [1.807, 2.05) is 18.4 Å². The average molecular weight is 289 g/mol. The first-order valence-corrected chi connectivity index (χ1v) is 7.13. The van der Waals surface area contributed by atoms with Crippen LogP contribution in [0.25, 0.3) is 0 Å². The highest BCUT2D eigenvalue weighted by atomic mass is 32.1. The molecule has 0 spiro atoms. The summed E-state index contributed by atoms with van der Waals surface area (Å²) in [5, 5.41) is 13.8. The number of rotatable bonds is 4. The van der Waals surface area contributed by atoms with Gasteiger partial charge in [-0.2, -0.15) is 0 Å². The lowest BCUT2D eigenvalue weighted by Gasteiger charge is -2.10. The standard InChI is InChI=1S/C15H15NO3S/c1-3-10-7-8-20-13(10)14(17)16-12-6-4-5-11(9(12)2)15(18)19/h4-8H,3H2,1-2H3,(H,16,17)(H,18,19). The number of carboxylic acids is 1. The Kier molecular flexibility index (Phi) is 4.20. The maximum Gasteiger partial charge on any atom is 0.336 e. The van der Waals surface area contributed by atoms with Crippen LogP contribution in [-0.4, -0.2) is 17.0 Å². The highest BCUT2D eigenvalue weighted by Gasteiger charge is 2.15. The van der Waals surface area contributed by atoms with Crippen molar-refractivity contribution in [3.8, 4) is 0 Å². The second-order valence-electron chi connectivity index (χ2n) is 4.37. The van der Waals surface area contributed by atoms with E-state index in [1.54, 1.807) is 19.1 Å². The quantitative estimate of drug-likeness (QED) is 0.904. The largest absolute Gasteiger partial charge is 0.478 e. The number of aromatic carboxylic acids is 1. The summed E-state index contributed by atoms with van der Waals surface area (Å²) in [4.78, 5) is 24.0. The normalized spacial score (nSPS) is 10.3. The molecule has 104 valence electrons. The molecule has 0 atom stereocenters. The van der Waals surface area contributed by atoms with Crippen molar-refractivity contribution in [3.05, 3.63) is 51.2 Å². The van der Waals surface area contributed by atoms with E-state index >= 15 is 0 Å². The van der Waals surface area contributed by atoms with Crippen molar-refractivity contribution in [2.75, 3.05) is 5.32 Å². The molecule has 0 saturated carbocycles. The van der Waals surface area contributed by atoms with Crippen LogP contribution in [0.2, 0.25) is 0 Å². The molecule has 0 bridgehead atoms. The number of amides is 1. The Morgan fingerprint density at radius 2 is 2.05 bits per heavy atom. The van der Waals surface area contributed by atoms with Gasteiger partial charge in [-0.15, -0.1) is 11.3 Å². The number of aryl methyl sites for hydroxylation is 1. The first kappa shape index (κ1) is 14.3. The molecule has 1 aromatic heterocycles. The Morgan fingerprint density at radius 1 is 1.30 bits per heavy atom. The zero-order valence-corrected chi connectivity index (χ0v) is 12.1. The monoisotopic (exact) mass is 289 g/mol. The second kappa shape index (κ2) is 5.88. The van der Waals surface area contributed by atoms with Gasteiger partial charge in [0, 0.05) is 5.69 Å². The summed E-state index contributed by atoms with van der Waals surface area (Å²) in [7, 11) is 0. The van der Waals surface area contributed by atoms with E-state index in [1.165, 1.54) is 17.4 Å². The zero-order valence-electron chi connectivity index (χ0n) is 11.3. The summed E-state index contributed by atoms with van der Waals surface area (Å²) >= 11 is 1.39. The number of carbonyl (C=O) groups is 2. The number of thiophene rings is 1. The SMILES string of the molecule is CCc1ccsc1C(=O)Nc1cccc(C(=O)O)c1C. The Morgan fingerprint density at radius 3 is 2.70 bits per heavy atom. The van der Waals surface area contributed by atoms with Crippen LogP contribution in [0.4, 0.5) is 5.69 Å². The molecule has 0 aliphatic rings. The van der Waals surface area contributed by atoms with Crippen LogP contribution >= 0.6 is 11.3 Å². The van der Waals surface area contributed by atoms with Crippen molar-refractivity contribution in [1.82, 2.24) is 0 Å². The fourth-order valence-electron chi connectivity index (χ4n) is 2.00. The van der Waals surface area contributed by atoms with Crippen molar-refractivity contribution in [2.45, 2.75) is 20.3 Å². The van der Waals surface area contributed by atoms with Gasteiger partial charge in [-0.3, -0.25) is 4.79 Å². The van der Waals surface area contributed by atoms with Crippen LogP contribution in [-0.2, 0) is 6.42 Å². The Bertz CT molecular complexity index is 661. The van der Waals surface area contributed by atoms with Gasteiger partial charge in [0.05, 0.1) is 10.4 Å². The summed E-state index contributed by atoms with van der Waals surface area (Å²) in [5.74, 6) is -1.19. The molecule has 1 aromatic carbocycles. The molecule has 2 N–H and O–H groups in total. The third-order valence-electron chi connectivity index (χ3n) is 3.15.